The Morgan fingerprint density at radius 3 is 2.59 bits per heavy atom. The van der Waals surface area contributed by atoms with Crippen molar-refractivity contribution >= 4 is 17.4 Å². The maximum atomic E-state index is 11.3. The summed E-state index contributed by atoms with van der Waals surface area (Å²) >= 11 is 0. The van der Waals surface area contributed by atoms with Crippen molar-refractivity contribution in [2.24, 2.45) is 0 Å². The van der Waals surface area contributed by atoms with Crippen LogP contribution in [0.2, 0.25) is 0 Å². The Balaban J connectivity index is 2.54. The zero-order chi connectivity index (χ0) is 12.7. The first-order valence-corrected chi connectivity index (χ1v) is 5.10. The molecule has 0 aliphatic rings. The maximum absolute atomic E-state index is 11.3. The van der Waals surface area contributed by atoms with E-state index >= 15 is 0 Å². The number of benzene rings is 1. The van der Waals surface area contributed by atoms with Crippen LogP contribution in [0.4, 0.5) is 16.2 Å². The van der Waals surface area contributed by atoms with Gasteiger partial charge in [-0.1, -0.05) is 13.0 Å². The molecule has 6 nitrogen and oxygen atoms in total. The van der Waals surface area contributed by atoms with E-state index in [0.717, 1.165) is 6.42 Å². The van der Waals surface area contributed by atoms with Crippen LogP contribution in [0, 0.1) is 10.1 Å². The lowest BCUT2D eigenvalue weighted by molar-refractivity contribution is -0.384. The van der Waals surface area contributed by atoms with Crippen molar-refractivity contribution in [3.8, 4) is 0 Å². The molecule has 0 aliphatic carbocycles. The highest BCUT2D eigenvalue weighted by Crippen LogP contribution is 2.14. The molecule has 0 heterocycles. The molecule has 0 saturated carbocycles. The molecule has 0 spiro atoms. The first-order chi connectivity index (χ1) is 8.13. The third kappa shape index (κ3) is 4.33. The Hall–Kier alpha value is -2.37. The minimum atomic E-state index is -0.492. The fraction of sp³-hybridized carbons (Fsp3) is 0.182. The van der Waals surface area contributed by atoms with Gasteiger partial charge in [0.05, 0.1) is 4.92 Å². The average Bonchev–Trinajstić information content (AvgIpc) is 2.30. The predicted octanol–water partition coefficient (Wildman–Crippen LogP) is 2.64. The van der Waals surface area contributed by atoms with Crippen LogP contribution in [0.5, 0.6) is 0 Å². The quantitative estimate of drug-likeness (QED) is 0.621. The number of nitrogens with one attached hydrogen (secondary N) is 2. The van der Waals surface area contributed by atoms with E-state index in [-0.39, 0.29) is 11.7 Å². The van der Waals surface area contributed by atoms with Gasteiger partial charge in [-0.3, -0.25) is 10.1 Å². The highest BCUT2D eigenvalue weighted by molar-refractivity contribution is 5.89. The molecule has 1 aromatic rings. The van der Waals surface area contributed by atoms with Crippen LogP contribution in [0.3, 0.4) is 0 Å². The topological polar surface area (TPSA) is 84.3 Å². The standard InChI is InChI=1S/C11H13N3O3/c1-2-3-8-12-11(15)13-9-4-6-10(7-5-9)14(16)17/h3-8H,2H2,1H3,(H2,12,13,15)/b8-3+. The molecular formula is C11H13N3O3. The number of non-ortho nitro benzene ring substituents is 1. The summed E-state index contributed by atoms with van der Waals surface area (Å²) in [7, 11) is 0. The molecule has 0 bridgehead atoms. The summed E-state index contributed by atoms with van der Waals surface area (Å²) in [4.78, 5) is 21.2. The van der Waals surface area contributed by atoms with Crippen molar-refractivity contribution in [2.45, 2.75) is 13.3 Å². The van der Waals surface area contributed by atoms with E-state index in [2.05, 4.69) is 10.6 Å². The first kappa shape index (κ1) is 12.7. The normalized spacial score (nSPS) is 10.2. The fourth-order valence-corrected chi connectivity index (χ4v) is 1.09. The van der Waals surface area contributed by atoms with Gasteiger partial charge in [-0.25, -0.2) is 4.79 Å². The second-order valence-corrected chi connectivity index (χ2v) is 3.21. The van der Waals surface area contributed by atoms with Gasteiger partial charge in [0.15, 0.2) is 0 Å². The largest absolute Gasteiger partial charge is 0.323 e. The monoisotopic (exact) mass is 235 g/mol. The summed E-state index contributed by atoms with van der Waals surface area (Å²) in [5, 5.41) is 15.5. The van der Waals surface area contributed by atoms with E-state index in [4.69, 9.17) is 0 Å². The highest BCUT2D eigenvalue weighted by Gasteiger charge is 2.04. The number of anilines is 1. The summed E-state index contributed by atoms with van der Waals surface area (Å²) in [6.45, 7) is 1.95. The zero-order valence-corrected chi connectivity index (χ0v) is 9.34. The van der Waals surface area contributed by atoms with Crippen molar-refractivity contribution in [1.82, 2.24) is 5.32 Å². The minimum absolute atomic E-state index is 0.0122. The molecule has 0 aliphatic heterocycles. The summed E-state index contributed by atoms with van der Waals surface area (Å²) in [5.41, 5.74) is 0.486. The molecular weight excluding hydrogens is 222 g/mol. The van der Waals surface area contributed by atoms with Crippen LogP contribution in [0.1, 0.15) is 13.3 Å². The molecule has 2 amide bonds. The lowest BCUT2D eigenvalue weighted by atomic mass is 10.3. The van der Waals surface area contributed by atoms with Crippen molar-refractivity contribution in [3.05, 3.63) is 46.7 Å². The second kappa shape index (κ2) is 6.26. The number of allylic oxidation sites excluding steroid dienone is 1. The predicted molar refractivity (Wildman–Crippen MR) is 64.7 cm³/mol. The Morgan fingerprint density at radius 2 is 2.06 bits per heavy atom. The van der Waals surface area contributed by atoms with Crippen LogP contribution in [0.15, 0.2) is 36.5 Å². The van der Waals surface area contributed by atoms with Gasteiger partial charge in [0, 0.05) is 24.0 Å². The Bertz CT molecular complexity index is 426. The number of nitro groups is 1. The third-order valence-corrected chi connectivity index (χ3v) is 1.90. The fourth-order valence-electron chi connectivity index (χ4n) is 1.09. The van der Waals surface area contributed by atoms with Crippen LogP contribution in [0.25, 0.3) is 0 Å². The van der Waals surface area contributed by atoms with E-state index < -0.39 is 4.92 Å². The number of nitrogens with zero attached hydrogens (tertiary/aromatic N) is 1. The smallest absolute Gasteiger partial charge is 0.315 e. The number of hydrogen-bond donors (Lipinski definition) is 2. The van der Waals surface area contributed by atoms with Crippen LogP contribution < -0.4 is 10.6 Å². The minimum Gasteiger partial charge on any atom is -0.315 e. The van der Waals surface area contributed by atoms with Crippen LogP contribution in [-0.2, 0) is 0 Å². The molecule has 0 saturated heterocycles. The van der Waals surface area contributed by atoms with E-state index in [1.165, 1.54) is 24.3 Å². The molecule has 0 fully saturated rings. The van der Waals surface area contributed by atoms with E-state index in [1.807, 2.05) is 6.92 Å². The maximum Gasteiger partial charge on any atom is 0.323 e. The van der Waals surface area contributed by atoms with E-state index in [9.17, 15) is 14.9 Å². The molecule has 17 heavy (non-hydrogen) atoms. The SMILES string of the molecule is CC/C=C/NC(=O)Nc1ccc([N+](=O)[O-])cc1. The van der Waals surface area contributed by atoms with Gasteiger partial charge in [-0.05, 0) is 18.6 Å². The number of hydrogen-bond acceptors (Lipinski definition) is 3. The molecule has 2 N–H and O–H groups in total. The number of urea groups is 1. The van der Waals surface area contributed by atoms with E-state index in [0.29, 0.717) is 5.69 Å². The highest BCUT2D eigenvalue weighted by atomic mass is 16.6. The Morgan fingerprint density at radius 1 is 1.41 bits per heavy atom. The van der Waals surface area contributed by atoms with E-state index in [1.54, 1.807) is 12.3 Å². The Kier molecular flexibility index (Phi) is 4.68. The number of carbonyl (C=O) groups excluding carboxylic acids is 1. The number of rotatable bonds is 4. The molecule has 0 aromatic heterocycles. The molecule has 1 rings (SSSR count). The van der Waals surface area contributed by atoms with Gasteiger partial charge >= 0.3 is 6.03 Å². The van der Waals surface area contributed by atoms with Gasteiger partial charge in [-0.2, -0.15) is 0 Å². The average molecular weight is 235 g/mol. The first-order valence-electron chi connectivity index (χ1n) is 5.10. The van der Waals surface area contributed by atoms with Crippen molar-refractivity contribution in [1.29, 1.82) is 0 Å². The third-order valence-electron chi connectivity index (χ3n) is 1.90. The number of nitro benzene ring substituents is 1. The molecule has 1 aromatic carbocycles. The Labute approximate surface area is 98.5 Å². The van der Waals surface area contributed by atoms with Gasteiger partial charge < -0.3 is 10.6 Å². The van der Waals surface area contributed by atoms with Gasteiger partial charge in [0.25, 0.3) is 5.69 Å². The van der Waals surface area contributed by atoms with Gasteiger partial charge in [0.2, 0.25) is 0 Å². The molecule has 6 heteroatoms. The number of amides is 2. The van der Waals surface area contributed by atoms with Crippen molar-refractivity contribution in [2.75, 3.05) is 5.32 Å². The van der Waals surface area contributed by atoms with Gasteiger partial charge in [0.1, 0.15) is 0 Å². The van der Waals surface area contributed by atoms with Gasteiger partial charge in [-0.15, -0.1) is 0 Å². The number of carbonyl (C=O) groups is 1. The molecule has 0 unspecified atom stereocenters. The van der Waals surface area contributed by atoms with Crippen molar-refractivity contribution in [3.63, 3.8) is 0 Å². The zero-order valence-electron chi connectivity index (χ0n) is 9.34. The lowest BCUT2D eigenvalue weighted by Crippen LogP contribution is -2.23. The molecule has 0 radical (unpaired) electrons. The van der Waals surface area contributed by atoms with Crippen LogP contribution in [-0.4, -0.2) is 11.0 Å². The van der Waals surface area contributed by atoms with Crippen LogP contribution >= 0.6 is 0 Å². The lowest BCUT2D eigenvalue weighted by Gasteiger charge is -2.03. The molecule has 0 atom stereocenters. The summed E-state index contributed by atoms with van der Waals surface area (Å²) in [6, 6.07) is 5.22. The summed E-state index contributed by atoms with van der Waals surface area (Å²) in [5.74, 6) is 0. The molecule has 90 valence electrons. The summed E-state index contributed by atoms with van der Waals surface area (Å²) < 4.78 is 0. The second-order valence-electron chi connectivity index (χ2n) is 3.21. The van der Waals surface area contributed by atoms with Crippen molar-refractivity contribution < 1.29 is 9.72 Å². The summed E-state index contributed by atoms with van der Waals surface area (Å²) in [6.07, 6.45) is 4.17.